The van der Waals surface area contributed by atoms with Crippen molar-refractivity contribution >= 4 is 11.7 Å². The summed E-state index contributed by atoms with van der Waals surface area (Å²) >= 11 is 0. The Kier molecular flexibility index (Phi) is 3.20. The van der Waals surface area contributed by atoms with Crippen LogP contribution >= 0.6 is 0 Å². The van der Waals surface area contributed by atoms with Crippen LogP contribution in [-0.4, -0.2) is 30.2 Å². The molecule has 114 valence electrons. The van der Waals surface area contributed by atoms with E-state index in [2.05, 4.69) is 38.0 Å². The van der Waals surface area contributed by atoms with E-state index in [1.807, 2.05) is 6.07 Å². The summed E-state index contributed by atoms with van der Waals surface area (Å²) in [6, 6.07) is 3.60. The van der Waals surface area contributed by atoms with Crippen molar-refractivity contribution in [1.82, 2.24) is 4.98 Å². The molecule has 2 aliphatic rings. The van der Waals surface area contributed by atoms with E-state index in [0.717, 1.165) is 0 Å². The van der Waals surface area contributed by atoms with Gasteiger partial charge in [-0.05, 0) is 23.0 Å². The zero-order chi connectivity index (χ0) is 15.3. The molecule has 1 N–H and O–H groups in total. The van der Waals surface area contributed by atoms with Gasteiger partial charge in [0, 0.05) is 5.92 Å². The van der Waals surface area contributed by atoms with Crippen LogP contribution in [0, 0.1) is 16.7 Å². The van der Waals surface area contributed by atoms with E-state index in [9.17, 15) is 4.79 Å². The van der Waals surface area contributed by atoms with Crippen molar-refractivity contribution in [2.24, 2.45) is 16.7 Å². The van der Waals surface area contributed by atoms with E-state index in [-0.39, 0.29) is 28.8 Å². The molecule has 1 aromatic heterocycles. The summed E-state index contributed by atoms with van der Waals surface area (Å²) in [5.74, 6) is 1.33. The lowest BCUT2D eigenvalue weighted by molar-refractivity contribution is -0.118. The molecule has 1 saturated heterocycles. The number of aromatic nitrogens is 1. The third kappa shape index (κ3) is 2.39. The smallest absolute Gasteiger partial charge is 0.229 e. The molecule has 21 heavy (non-hydrogen) atoms. The lowest BCUT2D eigenvalue weighted by Gasteiger charge is -2.26. The Morgan fingerprint density at radius 2 is 1.95 bits per heavy atom. The molecule has 5 heteroatoms. The Labute approximate surface area is 125 Å². The summed E-state index contributed by atoms with van der Waals surface area (Å²) < 4.78 is 10.7. The van der Waals surface area contributed by atoms with Crippen LogP contribution in [0.15, 0.2) is 18.3 Å². The fourth-order valence-electron chi connectivity index (χ4n) is 3.05. The van der Waals surface area contributed by atoms with Crippen LogP contribution in [0.4, 0.5) is 5.82 Å². The summed E-state index contributed by atoms with van der Waals surface area (Å²) in [7, 11) is 0. The molecule has 2 fully saturated rings. The SMILES string of the molecule is CC1(C)C(C(=O)Nc2ccc(OC3COC3)cn2)C1(C)C. The zero-order valence-corrected chi connectivity index (χ0v) is 13.0. The summed E-state index contributed by atoms with van der Waals surface area (Å²) in [6.45, 7) is 9.77. The Hall–Kier alpha value is -1.62. The van der Waals surface area contributed by atoms with Gasteiger partial charge in [-0.3, -0.25) is 4.79 Å². The zero-order valence-electron chi connectivity index (χ0n) is 13.0. The van der Waals surface area contributed by atoms with Gasteiger partial charge in [-0.25, -0.2) is 4.98 Å². The summed E-state index contributed by atoms with van der Waals surface area (Å²) in [5.41, 5.74) is 0.0642. The van der Waals surface area contributed by atoms with Gasteiger partial charge >= 0.3 is 0 Å². The molecule has 1 aliphatic heterocycles. The maximum absolute atomic E-state index is 12.3. The van der Waals surface area contributed by atoms with Crippen LogP contribution in [-0.2, 0) is 9.53 Å². The highest BCUT2D eigenvalue weighted by molar-refractivity contribution is 5.95. The number of rotatable bonds is 4. The molecular formula is C16H22N2O3. The first kappa shape index (κ1) is 14.3. The fourth-order valence-corrected chi connectivity index (χ4v) is 3.05. The van der Waals surface area contributed by atoms with Gasteiger partial charge < -0.3 is 14.8 Å². The quantitative estimate of drug-likeness (QED) is 0.925. The molecule has 0 bridgehead atoms. The lowest BCUT2D eigenvalue weighted by atomic mass is 10.0. The van der Waals surface area contributed by atoms with Gasteiger partial charge in [0.25, 0.3) is 0 Å². The molecule has 3 rings (SSSR count). The van der Waals surface area contributed by atoms with Crippen molar-refractivity contribution in [2.45, 2.75) is 33.8 Å². The van der Waals surface area contributed by atoms with Gasteiger partial charge in [0.05, 0.1) is 19.4 Å². The standard InChI is InChI=1S/C16H22N2O3/c1-15(2)13(16(15,3)4)14(19)18-12-6-5-10(7-17-12)21-11-8-20-9-11/h5-7,11,13H,8-9H2,1-4H3,(H,17,18,19). The average Bonchev–Trinajstić information content (AvgIpc) is 2.76. The average molecular weight is 290 g/mol. The van der Waals surface area contributed by atoms with Crippen molar-refractivity contribution in [2.75, 3.05) is 18.5 Å². The predicted octanol–water partition coefficient (Wildman–Crippen LogP) is 2.48. The molecule has 1 aromatic rings. The number of anilines is 1. The second-order valence-electron chi connectivity index (χ2n) is 7.02. The Bertz CT molecular complexity index is 533. The molecule has 0 spiro atoms. The number of hydrogen-bond donors (Lipinski definition) is 1. The number of pyridine rings is 1. The van der Waals surface area contributed by atoms with Crippen LogP contribution in [0.2, 0.25) is 0 Å². The van der Waals surface area contributed by atoms with Gasteiger partial charge in [0.15, 0.2) is 0 Å². The first-order chi connectivity index (χ1) is 9.82. The van der Waals surface area contributed by atoms with Gasteiger partial charge in [-0.15, -0.1) is 0 Å². The van der Waals surface area contributed by atoms with Crippen LogP contribution in [0.25, 0.3) is 0 Å². The summed E-state index contributed by atoms with van der Waals surface area (Å²) in [6.07, 6.45) is 1.76. The lowest BCUT2D eigenvalue weighted by Crippen LogP contribution is -2.38. The summed E-state index contributed by atoms with van der Waals surface area (Å²) in [5, 5.41) is 2.89. The largest absolute Gasteiger partial charge is 0.484 e. The number of ether oxygens (including phenoxy) is 2. The van der Waals surface area contributed by atoms with Crippen molar-refractivity contribution in [3.8, 4) is 5.75 Å². The minimum atomic E-state index is 0.0230. The first-order valence-electron chi connectivity index (χ1n) is 7.33. The number of carbonyl (C=O) groups excluding carboxylic acids is 1. The fraction of sp³-hybridized carbons (Fsp3) is 0.625. The van der Waals surface area contributed by atoms with Crippen LogP contribution in [0.3, 0.4) is 0 Å². The Morgan fingerprint density at radius 1 is 1.29 bits per heavy atom. The van der Waals surface area contributed by atoms with Crippen molar-refractivity contribution in [1.29, 1.82) is 0 Å². The van der Waals surface area contributed by atoms with E-state index in [1.165, 1.54) is 0 Å². The highest BCUT2D eigenvalue weighted by Crippen LogP contribution is 2.68. The molecule has 0 atom stereocenters. The maximum Gasteiger partial charge on any atom is 0.229 e. The second kappa shape index (κ2) is 4.70. The van der Waals surface area contributed by atoms with E-state index < -0.39 is 0 Å². The third-order valence-electron chi connectivity index (χ3n) is 5.18. The highest BCUT2D eigenvalue weighted by atomic mass is 16.6. The van der Waals surface area contributed by atoms with Gasteiger partial charge in [0.2, 0.25) is 5.91 Å². The molecule has 2 heterocycles. The van der Waals surface area contributed by atoms with Crippen molar-refractivity contribution in [3.05, 3.63) is 18.3 Å². The third-order valence-corrected chi connectivity index (χ3v) is 5.18. The highest BCUT2D eigenvalue weighted by Gasteiger charge is 2.68. The molecule has 1 aliphatic carbocycles. The van der Waals surface area contributed by atoms with Crippen molar-refractivity contribution in [3.63, 3.8) is 0 Å². The van der Waals surface area contributed by atoms with Gasteiger partial charge in [-0.1, -0.05) is 27.7 Å². The van der Waals surface area contributed by atoms with Gasteiger partial charge in [0.1, 0.15) is 17.7 Å². The predicted molar refractivity (Wildman–Crippen MR) is 79.2 cm³/mol. The van der Waals surface area contributed by atoms with Crippen LogP contribution in [0.5, 0.6) is 5.75 Å². The van der Waals surface area contributed by atoms with Crippen LogP contribution in [0.1, 0.15) is 27.7 Å². The van der Waals surface area contributed by atoms with Gasteiger partial charge in [-0.2, -0.15) is 0 Å². The second-order valence-corrected chi connectivity index (χ2v) is 7.02. The van der Waals surface area contributed by atoms with Crippen molar-refractivity contribution < 1.29 is 14.3 Å². The van der Waals surface area contributed by atoms with E-state index in [4.69, 9.17) is 9.47 Å². The maximum atomic E-state index is 12.3. The minimum Gasteiger partial charge on any atom is -0.484 e. The van der Waals surface area contributed by atoms with E-state index in [1.54, 1.807) is 12.3 Å². The number of hydrogen-bond acceptors (Lipinski definition) is 4. The molecular weight excluding hydrogens is 268 g/mol. The molecule has 1 amide bonds. The monoisotopic (exact) mass is 290 g/mol. The van der Waals surface area contributed by atoms with E-state index in [0.29, 0.717) is 24.8 Å². The molecule has 5 nitrogen and oxygen atoms in total. The molecule has 1 saturated carbocycles. The number of nitrogens with zero attached hydrogens (tertiary/aromatic N) is 1. The molecule has 0 radical (unpaired) electrons. The topological polar surface area (TPSA) is 60.5 Å². The van der Waals surface area contributed by atoms with Crippen LogP contribution < -0.4 is 10.1 Å². The van der Waals surface area contributed by atoms with E-state index >= 15 is 0 Å². The molecule has 0 aromatic carbocycles. The number of nitrogens with one attached hydrogen (secondary N) is 1. The number of carbonyl (C=O) groups is 1. The Balaban J connectivity index is 1.59. The minimum absolute atomic E-state index is 0.0230. The Morgan fingerprint density at radius 3 is 2.38 bits per heavy atom. The summed E-state index contributed by atoms with van der Waals surface area (Å²) in [4.78, 5) is 16.6. The number of amides is 1. The molecule has 0 unspecified atom stereocenters. The first-order valence-corrected chi connectivity index (χ1v) is 7.33. The normalized spacial score (nSPS) is 23.2.